The van der Waals surface area contributed by atoms with Crippen LogP contribution in [0.1, 0.15) is 38.3 Å². The van der Waals surface area contributed by atoms with Gasteiger partial charge in [0.05, 0.1) is 0 Å². The number of likely N-dealkylation sites (tertiary alicyclic amines) is 1. The van der Waals surface area contributed by atoms with Crippen molar-refractivity contribution in [2.24, 2.45) is 11.8 Å². The van der Waals surface area contributed by atoms with Gasteiger partial charge in [0, 0.05) is 18.1 Å². The number of piperidine rings is 1. The van der Waals surface area contributed by atoms with Crippen molar-refractivity contribution in [3.05, 3.63) is 5.69 Å². The maximum atomic E-state index is 5.42. The zero-order chi connectivity index (χ0) is 12.1. The van der Waals surface area contributed by atoms with Crippen molar-refractivity contribution in [3.63, 3.8) is 0 Å². The number of hydrazine groups is 1. The van der Waals surface area contributed by atoms with E-state index in [4.69, 9.17) is 5.84 Å². The van der Waals surface area contributed by atoms with E-state index in [1.807, 2.05) is 0 Å². The van der Waals surface area contributed by atoms with Crippen molar-refractivity contribution in [1.82, 2.24) is 14.5 Å². The van der Waals surface area contributed by atoms with E-state index in [0.717, 1.165) is 23.2 Å². The standard InChI is InChI=1S/C11H21N5S/c1-2-3-9-4-6-16(7-5-9)8-10-11(13-12)17-15-14-10/h9,13H,2-8,12H2,1H3. The number of nitrogens with two attached hydrogens (primary N) is 1. The first-order valence-electron chi connectivity index (χ1n) is 6.33. The first-order chi connectivity index (χ1) is 8.33. The molecule has 0 saturated carbocycles. The molecule has 0 aliphatic carbocycles. The largest absolute Gasteiger partial charge is 0.313 e. The summed E-state index contributed by atoms with van der Waals surface area (Å²) in [4.78, 5) is 2.45. The van der Waals surface area contributed by atoms with Crippen LogP contribution in [-0.4, -0.2) is 27.6 Å². The van der Waals surface area contributed by atoms with E-state index in [2.05, 4.69) is 26.8 Å². The van der Waals surface area contributed by atoms with Crippen LogP contribution in [0, 0.1) is 5.92 Å². The number of nitrogens with zero attached hydrogens (tertiary/aromatic N) is 3. The lowest BCUT2D eigenvalue weighted by Gasteiger charge is -2.31. The van der Waals surface area contributed by atoms with Crippen molar-refractivity contribution in [1.29, 1.82) is 0 Å². The fraction of sp³-hybridized carbons (Fsp3) is 0.818. The average Bonchev–Trinajstić information content (AvgIpc) is 2.79. The zero-order valence-electron chi connectivity index (χ0n) is 10.4. The summed E-state index contributed by atoms with van der Waals surface area (Å²) in [7, 11) is 0. The Balaban J connectivity index is 1.82. The van der Waals surface area contributed by atoms with Gasteiger partial charge in [-0.2, -0.15) is 0 Å². The lowest BCUT2D eigenvalue weighted by Crippen LogP contribution is -2.33. The third-order valence-electron chi connectivity index (χ3n) is 3.46. The Labute approximate surface area is 107 Å². The van der Waals surface area contributed by atoms with Crippen LogP contribution in [-0.2, 0) is 6.54 Å². The summed E-state index contributed by atoms with van der Waals surface area (Å²) in [6.07, 6.45) is 5.32. The summed E-state index contributed by atoms with van der Waals surface area (Å²) < 4.78 is 3.93. The van der Waals surface area contributed by atoms with Gasteiger partial charge in [-0.3, -0.25) is 4.90 Å². The van der Waals surface area contributed by atoms with Crippen molar-refractivity contribution in [2.75, 3.05) is 18.5 Å². The third-order valence-corrected chi connectivity index (χ3v) is 4.16. The third kappa shape index (κ3) is 3.37. The number of hydrogen-bond acceptors (Lipinski definition) is 6. The summed E-state index contributed by atoms with van der Waals surface area (Å²) in [5.41, 5.74) is 3.64. The Bertz CT molecular complexity index is 332. The van der Waals surface area contributed by atoms with Crippen molar-refractivity contribution in [2.45, 2.75) is 39.2 Å². The second-order valence-electron chi connectivity index (χ2n) is 4.70. The molecule has 1 aliphatic heterocycles. The van der Waals surface area contributed by atoms with Crippen LogP contribution in [0.5, 0.6) is 0 Å². The van der Waals surface area contributed by atoms with Crippen LogP contribution in [0.4, 0.5) is 5.00 Å². The van der Waals surface area contributed by atoms with Crippen LogP contribution in [0.3, 0.4) is 0 Å². The summed E-state index contributed by atoms with van der Waals surface area (Å²) in [6, 6.07) is 0. The Kier molecular flexibility index (Phi) is 4.70. The topological polar surface area (TPSA) is 67.1 Å². The molecule has 0 bridgehead atoms. The number of anilines is 1. The average molecular weight is 255 g/mol. The van der Waals surface area contributed by atoms with Crippen LogP contribution >= 0.6 is 11.5 Å². The highest BCUT2D eigenvalue weighted by Crippen LogP contribution is 2.24. The highest BCUT2D eigenvalue weighted by atomic mass is 32.1. The molecule has 0 atom stereocenters. The Morgan fingerprint density at radius 3 is 2.88 bits per heavy atom. The van der Waals surface area contributed by atoms with Gasteiger partial charge in [0.25, 0.3) is 0 Å². The number of rotatable bonds is 5. The van der Waals surface area contributed by atoms with E-state index in [0.29, 0.717) is 0 Å². The lowest BCUT2D eigenvalue weighted by atomic mass is 9.92. The van der Waals surface area contributed by atoms with Gasteiger partial charge in [0.2, 0.25) is 0 Å². The normalized spacial score (nSPS) is 18.5. The van der Waals surface area contributed by atoms with Crippen LogP contribution in [0.25, 0.3) is 0 Å². The summed E-state index contributed by atoms with van der Waals surface area (Å²) >= 11 is 1.32. The molecule has 0 amide bonds. The van der Waals surface area contributed by atoms with Gasteiger partial charge in [-0.1, -0.05) is 24.3 Å². The fourth-order valence-corrected chi connectivity index (χ4v) is 2.96. The second-order valence-corrected chi connectivity index (χ2v) is 5.46. The predicted octanol–water partition coefficient (Wildman–Crippen LogP) is 1.84. The van der Waals surface area contributed by atoms with Gasteiger partial charge < -0.3 is 5.43 Å². The number of hydrogen-bond donors (Lipinski definition) is 2. The van der Waals surface area contributed by atoms with Gasteiger partial charge in [-0.15, -0.1) is 5.10 Å². The molecule has 1 saturated heterocycles. The zero-order valence-corrected chi connectivity index (χ0v) is 11.2. The minimum Gasteiger partial charge on any atom is -0.313 e. The highest BCUT2D eigenvalue weighted by Gasteiger charge is 2.20. The Hall–Kier alpha value is -0.720. The maximum absolute atomic E-state index is 5.42. The maximum Gasteiger partial charge on any atom is 0.148 e. The molecular weight excluding hydrogens is 234 g/mol. The van der Waals surface area contributed by atoms with E-state index in [-0.39, 0.29) is 0 Å². The van der Waals surface area contributed by atoms with E-state index in [1.165, 1.54) is 50.3 Å². The second kappa shape index (κ2) is 6.28. The van der Waals surface area contributed by atoms with Gasteiger partial charge >= 0.3 is 0 Å². The van der Waals surface area contributed by atoms with Gasteiger partial charge in [-0.05, 0) is 31.8 Å². The molecule has 1 fully saturated rings. The Morgan fingerprint density at radius 2 is 2.24 bits per heavy atom. The first kappa shape index (κ1) is 12.7. The molecule has 2 rings (SSSR count). The lowest BCUT2D eigenvalue weighted by molar-refractivity contribution is 0.170. The first-order valence-corrected chi connectivity index (χ1v) is 7.11. The quantitative estimate of drug-likeness (QED) is 0.621. The van der Waals surface area contributed by atoms with E-state index >= 15 is 0 Å². The SMILES string of the molecule is CCCC1CCN(Cc2nnsc2NN)CC1. The van der Waals surface area contributed by atoms with Crippen molar-refractivity contribution < 1.29 is 0 Å². The van der Waals surface area contributed by atoms with E-state index in [9.17, 15) is 0 Å². The predicted molar refractivity (Wildman–Crippen MR) is 70.6 cm³/mol. The molecule has 1 aliphatic rings. The molecule has 2 heterocycles. The number of nitrogens with one attached hydrogen (secondary N) is 1. The molecule has 0 spiro atoms. The Morgan fingerprint density at radius 1 is 1.47 bits per heavy atom. The minimum atomic E-state index is 0.870. The van der Waals surface area contributed by atoms with Gasteiger partial charge in [0.15, 0.2) is 0 Å². The molecule has 0 aromatic carbocycles. The number of aromatic nitrogens is 2. The van der Waals surface area contributed by atoms with Crippen molar-refractivity contribution >= 4 is 16.5 Å². The molecule has 0 unspecified atom stereocenters. The van der Waals surface area contributed by atoms with Gasteiger partial charge in [-0.25, -0.2) is 5.84 Å². The van der Waals surface area contributed by atoms with E-state index in [1.54, 1.807) is 0 Å². The van der Waals surface area contributed by atoms with Gasteiger partial charge in [0.1, 0.15) is 10.7 Å². The molecule has 1 aromatic heterocycles. The molecule has 5 nitrogen and oxygen atoms in total. The molecular formula is C11H21N5S. The molecule has 0 radical (unpaired) electrons. The van der Waals surface area contributed by atoms with E-state index < -0.39 is 0 Å². The van der Waals surface area contributed by atoms with Crippen LogP contribution in [0.2, 0.25) is 0 Å². The summed E-state index contributed by atoms with van der Waals surface area (Å²) in [6.45, 7) is 5.49. The highest BCUT2D eigenvalue weighted by molar-refractivity contribution is 7.10. The molecule has 1 aromatic rings. The van der Waals surface area contributed by atoms with Crippen LogP contribution in [0.15, 0.2) is 0 Å². The van der Waals surface area contributed by atoms with Crippen LogP contribution < -0.4 is 11.3 Å². The smallest absolute Gasteiger partial charge is 0.148 e. The summed E-state index contributed by atoms with van der Waals surface area (Å²) in [5.74, 6) is 6.35. The van der Waals surface area contributed by atoms with Crippen molar-refractivity contribution in [3.8, 4) is 0 Å². The molecule has 96 valence electrons. The molecule has 3 N–H and O–H groups in total. The monoisotopic (exact) mass is 255 g/mol. The number of nitrogen functional groups attached to an aromatic ring is 1. The fourth-order valence-electron chi connectivity index (χ4n) is 2.47. The minimum absolute atomic E-state index is 0.870. The molecule has 6 heteroatoms. The molecule has 17 heavy (non-hydrogen) atoms. The summed E-state index contributed by atoms with van der Waals surface area (Å²) in [5, 5.41) is 5.01.